The molecule has 0 amide bonds. The van der Waals surface area contributed by atoms with E-state index in [0.717, 1.165) is 25.7 Å². The Balaban J connectivity index is 4.44. The molecule has 0 atom stereocenters. The second-order valence-corrected chi connectivity index (χ2v) is 11.7. The first kappa shape index (κ1) is 23.0. The third kappa shape index (κ3) is 13.0. The third-order valence-electron chi connectivity index (χ3n) is 2.56. The molecule has 11 heteroatoms. The van der Waals surface area contributed by atoms with Crippen molar-refractivity contribution < 1.29 is 32.9 Å². The van der Waals surface area contributed by atoms with Gasteiger partial charge in [-0.1, -0.05) is 39.5 Å². The van der Waals surface area contributed by atoms with Crippen molar-refractivity contribution in [3.63, 3.8) is 0 Å². The predicted molar refractivity (Wildman–Crippen MR) is 88.4 cm³/mol. The molecule has 0 aliphatic carbocycles. The number of hydrogen-bond donors (Lipinski definition) is 0. The van der Waals surface area contributed by atoms with Gasteiger partial charge in [0.2, 0.25) is 0 Å². The molecule has 23 heavy (non-hydrogen) atoms. The van der Waals surface area contributed by atoms with E-state index in [1.165, 1.54) is 13.1 Å². The van der Waals surface area contributed by atoms with E-state index in [9.17, 15) is 16.8 Å². The van der Waals surface area contributed by atoms with Crippen LogP contribution in [0.4, 0.5) is 0 Å². The first-order valence-electron chi connectivity index (χ1n) is 7.73. The Hall–Kier alpha value is -0.0431. The van der Waals surface area contributed by atoms with Crippen molar-refractivity contribution in [1.82, 2.24) is 0 Å². The maximum absolute atomic E-state index is 11.7. The van der Waals surface area contributed by atoms with Gasteiger partial charge in [-0.2, -0.15) is 16.8 Å². The van der Waals surface area contributed by atoms with Crippen molar-refractivity contribution in [2.24, 2.45) is 0 Å². The van der Waals surface area contributed by atoms with Gasteiger partial charge in [-0.3, -0.25) is 7.74 Å². The quantitative estimate of drug-likeness (QED) is 0.328. The summed E-state index contributed by atoms with van der Waals surface area (Å²) in [4.78, 5) is 0. The molecule has 0 unspecified atom stereocenters. The minimum absolute atomic E-state index is 0.0130. The largest absolute Gasteiger partial charge is 0.392 e. The van der Waals surface area contributed by atoms with Crippen molar-refractivity contribution in [2.75, 3.05) is 13.2 Å². The summed E-state index contributed by atoms with van der Waals surface area (Å²) >= 11 is 0. The molecule has 0 fully saturated rings. The molecule has 0 aromatic carbocycles. The molecule has 8 nitrogen and oxygen atoms in total. The Morgan fingerprint density at radius 3 is 1.35 bits per heavy atom. The second-order valence-electron chi connectivity index (χ2n) is 5.44. The van der Waals surface area contributed by atoms with Crippen LogP contribution in [0.5, 0.6) is 0 Å². The van der Waals surface area contributed by atoms with Gasteiger partial charge in [-0.25, -0.2) is 8.37 Å². The summed E-state index contributed by atoms with van der Waals surface area (Å²) in [6, 6.07) is 0. The van der Waals surface area contributed by atoms with Crippen molar-refractivity contribution in [1.29, 1.82) is 0 Å². The van der Waals surface area contributed by atoms with E-state index in [4.69, 9.17) is 7.74 Å². The zero-order valence-electron chi connectivity index (χ0n) is 14.2. The number of rotatable bonds is 14. The fraction of sp³-hybridized carbons (Fsp3) is 1.00. The predicted octanol–water partition coefficient (Wildman–Crippen LogP) is 2.62. The lowest BCUT2D eigenvalue weighted by Gasteiger charge is -2.20. The van der Waals surface area contributed by atoms with Gasteiger partial charge in [0.05, 0.1) is 13.2 Å². The summed E-state index contributed by atoms with van der Waals surface area (Å²) in [6.07, 6.45) is 4.63. The van der Waals surface area contributed by atoms with Crippen LogP contribution in [-0.4, -0.2) is 38.6 Å². The fourth-order valence-corrected chi connectivity index (χ4v) is 6.90. The van der Waals surface area contributed by atoms with E-state index in [2.05, 4.69) is 8.37 Å². The van der Waals surface area contributed by atoms with E-state index in [1.807, 2.05) is 13.8 Å². The van der Waals surface area contributed by atoms with Crippen LogP contribution < -0.4 is 0 Å². The third-order valence-corrected chi connectivity index (χ3v) is 8.31. The van der Waals surface area contributed by atoms with Crippen LogP contribution in [0.2, 0.25) is 13.1 Å². The molecule has 0 saturated heterocycles. The molecule has 0 bridgehead atoms. The molecule has 0 aromatic heterocycles. The summed E-state index contributed by atoms with van der Waals surface area (Å²) < 4.78 is 65.6. The van der Waals surface area contributed by atoms with E-state index in [1.54, 1.807) is 0 Å². The minimum atomic E-state index is -4.30. The van der Waals surface area contributed by atoms with Crippen LogP contribution in [-0.2, 0) is 36.9 Å². The SMILES string of the molecule is CCCCCOS(=O)(=O)O[Si](C)(C)OS(=O)(=O)OCCCCC. The highest BCUT2D eigenvalue weighted by Gasteiger charge is 2.38. The lowest BCUT2D eigenvalue weighted by atomic mass is 10.3. The average Bonchev–Trinajstić information content (AvgIpc) is 2.37. The van der Waals surface area contributed by atoms with Crippen LogP contribution in [0.1, 0.15) is 52.4 Å². The van der Waals surface area contributed by atoms with Crippen LogP contribution in [0.3, 0.4) is 0 Å². The molecule has 0 N–H and O–H groups in total. The van der Waals surface area contributed by atoms with E-state index < -0.39 is 29.4 Å². The summed E-state index contributed by atoms with van der Waals surface area (Å²) in [6.45, 7) is 6.49. The Labute approximate surface area is 141 Å². The molecule has 0 heterocycles. The van der Waals surface area contributed by atoms with Crippen LogP contribution >= 0.6 is 0 Å². The van der Waals surface area contributed by atoms with Gasteiger partial charge in [-0.05, 0) is 25.9 Å². The van der Waals surface area contributed by atoms with Gasteiger partial charge >= 0.3 is 29.4 Å². The lowest BCUT2D eigenvalue weighted by Crippen LogP contribution is -2.40. The Morgan fingerprint density at radius 1 is 0.696 bits per heavy atom. The van der Waals surface area contributed by atoms with E-state index in [0.29, 0.717) is 12.8 Å². The Morgan fingerprint density at radius 2 is 1.04 bits per heavy atom. The van der Waals surface area contributed by atoms with Crippen molar-refractivity contribution >= 4 is 29.4 Å². The smallest absolute Gasteiger partial charge is 0.262 e. The minimum Gasteiger partial charge on any atom is -0.262 e. The molecule has 0 aliphatic heterocycles. The van der Waals surface area contributed by atoms with Gasteiger partial charge in [0.1, 0.15) is 0 Å². The zero-order chi connectivity index (χ0) is 18.0. The highest BCUT2D eigenvalue weighted by atomic mass is 32.3. The lowest BCUT2D eigenvalue weighted by molar-refractivity contribution is 0.234. The molecule has 0 rings (SSSR count). The average molecular weight is 393 g/mol. The van der Waals surface area contributed by atoms with Crippen molar-refractivity contribution in [3.8, 4) is 0 Å². The van der Waals surface area contributed by atoms with Gasteiger partial charge in [0.15, 0.2) is 0 Å². The van der Waals surface area contributed by atoms with Gasteiger partial charge in [0.25, 0.3) is 0 Å². The second kappa shape index (κ2) is 10.7. The molecule has 140 valence electrons. The zero-order valence-corrected chi connectivity index (χ0v) is 16.9. The van der Waals surface area contributed by atoms with Gasteiger partial charge in [-0.15, -0.1) is 0 Å². The van der Waals surface area contributed by atoms with E-state index >= 15 is 0 Å². The normalized spacial score (nSPS) is 13.4. The first-order chi connectivity index (χ1) is 10.5. The maximum atomic E-state index is 11.7. The van der Waals surface area contributed by atoms with Crippen molar-refractivity contribution in [2.45, 2.75) is 65.5 Å². The molecule has 0 spiro atoms. The summed E-state index contributed by atoms with van der Waals surface area (Å²) in [5, 5.41) is 0. The van der Waals surface area contributed by atoms with Crippen LogP contribution in [0.15, 0.2) is 0 Å². The Kier molecular flexibility index (Phi) is 10.7. The van der Waals surface area contributed by atoms with Gasteiger partial charge in [0, 0.05) is 0 Å². The molecule has 0 radical (unpaired) electrons. The summed E-state index contributed by atoms with van der Waals surface area (Å²) in [7, 11) is -12.1. The number of unbranched alkanes of at least 4 members (excludes halogenated alkanes) is 4. The van der Waals surface area contributed by atoms with E-state index in [-0.39, 0.29) is 13.2 Å². The Bertz CT molecular complexity index is 469. The van der Waals surface area contributed by atoms with Gasteiger partial charge < -0.3 is 0 Å². The van der Waals surface area contributed by atoms with Crippen LogP contribution in [0, 0.1) is 0 Å². The monoisotopic (exact) mass is 392 g/mol. The molecule has 0 aliphatic rings. The standard InChI is InChI=1S/C12H28O8S2Si/c1-5-7-9-11-17-21(13,14)19-23(3,4)20-22(15,16)18-12-10-8-6-2/h5-12H2,1-4H3. The molecule has 0 saturated carbocycles. The number of hydrogen-bond acceptors (Lipinski definition) is 8. The summed E-state index contributed by atoms with van der Waals surface area (Å²) in [5.74, 6) is 0. The highest BCUT2D eigenvalue weighted by Crippen LogP contribution is 2.17. The molecular formula is C12H28O8S2Si. The summed E-state index contributed by atoms with van der Waals surface area (Å²) in [5.41, 5.74) is 0. The highest BCUT2D eigenvalue weighted by molar-refractivity contribution is 7.84. The van der Waals surface area contributed by atoms with Crippen LogP contribution in [0.25, 0.3) is 0 Å². The first-order valence-corrected chi connectivity index (χ1v) is 13.2. The molecule has 0 aromatic rings. The maximum Gasteiger partial charge on any atom is 0.392 e. The van der Waals surface area contributed by atoms with Crippen molar-refractivity contribution in [3.05, 3.63) is 0 Å². The molecular weight excluding hydrogens is 364 g/mol. The topological polar surface area (TPSA) is 105 Å². The fourth-order valence-electron chi connectivity index (χ4n) is 1.58.